The Labute approximate surface area is 178 Å². The van der Waals surface area contributed by atoms with Gasteiger partial charge < -0.3 is 5.32 Å². The number of hydrogen-bond donors (Lipinski definition) is 1. The number of amides is 3. The number of hydrogen-bond acceptors (Lipinski definition) is 5. The molecule has 0 atom stereocenters. The number of aryl methyl sites for hydroxylation is 1. The topological polar surface area (TPSA) is 79.4 Å². The molecule has 0 fully saturated rings. The Hall–Kier alpha value is -3.06. The highest BCUT2D eigenvalue weighted by molar-refractivity contribution is 7.22. The SMILES string of the molecule is CCc1ccc2nc(NC(=O)CCCCCN3C(=O)c4ccccc4C3=O)sc2c1. The van der Waals surface area contributed by atoms with Gasteiger partial charge >= 0.3 is 0 Å². The molecule has 1 N–H and O–H groups in total. The molecule has 1 aliphatic heterocycles. The Balaban J connectivity index is 1.21. The van der Waals surface area contributed by atoms with Gasteiger partial charge in [-0.1, -0.05) is 42.9 Å². The molecule has 154 valence electrons. The molecule has 1 aliphatic rings. The van der Waals surface area contributed by atoms with Crippen LogP contribution in [0, 0.1) is 0 Å². The van der Waals surface area contributed by atoms with E-state index in [0.717, 1.165) is 23.1 Å². The minimum atomic E-state index is -0.226. The summed E-state index contributed by atoms with van der Waals surface area (Å²) in [5, 5.41) is 3.50. The number of carbonyl (C=O) groups excluding carboxylic acids is 3. The summed E-state index contributed by atoms with van der Waals surface area (Å²) in [6, 6.07) is 13.1. The first-order valence-corrected chi connectivity index (χ1v) is 11.0. The van der Waals surface area contributed by atoms with Crippen LogP contribution in [0.5, 0.6) is 0 Å². The van der Waals surface area contributed by atoms with Gasteiger partial charge in [0.15, 0.2) is 5.13 Å². The number of imide groups is 1. The molecule has 6 nitrogen and oxygen atoms in total. The zero-order valence-electron chi connectivity index (χ0n) is 16.8. The van der Waals surface area contributed by atoms with E-state index >= 15 is 0 Å². The Kier molecular flexibility index (Phi) is 5.90. The van der Waals surface area contributed by atoms with E-state index in [1.165, 1.54) is 21.8 Å². The standard InChI is InChI=1S/C23H23N3O3S/c1-2-15-11-12-18-19(14-15)30-23(24-18)25-20(27)10-4-3-7-13-26-21(28)16-8-5-6-9-17(16)22(26)29/h5-6,8-9,11-12,14H,2-4,7,10,13H2,1H3,(H,24,25,27). The van der Waals surface area contributed by atoms with Gasteiger partial charge in [0.1, 0.15) is 0 Å². The third-order valence-corrected chi connectivity index (χ3v) is 6.20. The van der Waals surface area contributed by atoms with Crippen LogP contribution in [0.3, 0.4) is 0 Å². The predicted octanol–water partition coefficient (Wildman–Crippen LogP) is 4.65. The average Bonchev–Trinajstić information content (AvgIpc) is 3.26. The maximum atomic E-state index is 12.3. The summed E-state index contributed by atoms with van der Waals surface area (Å²) in [6.45, 7) is 2.49. The highest BCUT2D eigenvalue weighted by atomic mass is 32.1. The maximum Gasteiger partial charge on any atom is 0.261 e. The molecule has 0 unspecified atom stereocenters. The molecule has 7 heteroatoms. The average molecular weight is 422 g/mol. The highest BCUT2D eigenvalue weighted by Crippen LogP contribution is 2.27. The number of carbonyl (C=O) groups is 3. The van der Waals surface area contributed by atoms with Gasteiger partial charge in [-0.15, -0.1) is 0 Å². The van der Waals surface area contributed by atoms with Crippen molar-refractivity contribution >= 4 is 44.4 Å². The number of unbranched alkanes of at least 4 members (excludes halogenated alkanes) is 2. The number of aromatic nitrogens is 1. The van der Waals surface area contributed by atoms with Gasteiger partial charge in [-0.05, 0) is 49.1 Å². The van der Waals surface area contributed by atoms with E-state index in [0.29, 0.717) is 42.1 Å². The lowest BCUT2D eigenvalue weighted by Crippen LogP contribution is -2.30. The minimum Gasteiger partial charge on any atom is -0.302 e. The lowest BCUT2D eigenvalue weighted by atomic mass is 10.1. The largest absolute Gasteiger partial charge is 0.302 e. The van der Waals surface area contributed by atoms with Crippen molar-refractivity contribution < 1.29 is 14.4 Å². The molecule has 0 saturated carbocycles. The molecule has 0 saturated heterocycles. The van der Waals surface area contributed by atoms with Crippen molar-refractivity contribution in [2.75, 3.05) is 11.9 Å². The van der Waals surface area contributed by atoms with Crippen molar-refractivity contribution in [1.29, 1.82) is 0 Å². The summed E-state index contributed by atoms with van der Waals surface area (Å²) in [5.74, 6) is -0.517. The molecule has 30 heavy (non-hydrogen) atoms. The predicted molar refractivity (Wildman–Crippen MR) is 118 cm³/mol. The first kappa shape index (κ1) is 20.2. The number of thiazole rings is 1. The summed E-state index contributed by atoms with van der Waals surface area (Å²) < 4.78 is 1.07. The van der Waals surface area contributed by atoms with E-state index in [4.69, 9.17) is 0 Å². The van der Waals surface area contributed by atoms with Crippen LogP contribution in [0.2, 0.25) is 0 Å². The van der Waals surface area contributed by atoms with Gasteiger partial charge in [0.05, 0.1) is 21.3 Å². The van der Waals surface area contributed by atoms with Crippen molar-refractivity contribution in [2.24, 2.45) is 0 Å². The van der Waals surface area contributed by atoms with E-state index in [9.17, 15) is 14.4 Å². The van der Waals surface area contributed by atoms with Crippen LogP contribution in [0.15, 0.2) is 42.5 Å². The zero-order chi connectivity index (χ0) is 21.1. The smallest absolute Gasteiger partial charge is 0.261 e. The van der Waals surface area contributed by atoms with Crippen LogP contribution in [-0.4, -0.2) is 34.2 Å². The second kappa shape index (κ2) is 8.75. The van der Waals surface area contributed by atoms with E-state index in [2.05, 4.69) is 29.4 Å². The third-order valence-electron chi connectivity index (χ3n) is 5.27. The third kappa shape index (κ3) is 4.11. The van der Waals surface area contributed by atoms with Crippen molar-refractivity contribution in [3.63, 3.8) is 0 Å². The molecule has 1 aromatic heterocycles. The fourth-order valence-electron chi connectivity index (χ4n) is 3.60. The van der Waals surface area contributed by atoms with Crippen LogP contribution >= 0.6 is 11.3 Å². The van der Waals surface area contributed by atoms with E-state index < -0.39 is 0 Å². The molecule has 0 radical (unpaired) electrons. The molecule has 4 rings (SSSR count). The molecule has 2 aromatic carbocycles. The van der Waals surface area contributed by atoms with Crippen LogP contribution in [0.1, 0.15) is 58.9 Å². The van der Waals surface area contributed by atoms with Gasteiger partial charge in [0.2, 0.25) is 5.91 Å². The maximum absolute atomic E-state index is 12.3. The van der Waals surface area contributed by atoms with Gasteiger partial charge in [-0.2, -0.15) is 0 Å². The van der Waals surface area contributed by atoms with Crippen molar-refractivity contribution in [3.05, 3.63) is 59.2 Å². The fourth-order valence-corrected chi connectivity index (χ4v) is 4.54. The molecule has 0 spiro atoms. The van der Waals surface area contributed by atoms with Gasteiger partial charge in [0.25, 0.3) is 11.8 Å². The molecule has 0 aliphatic carbocycles. The van der Waals surface area contributed by atoms with Crippen LogP contribution in [0.25, 0.3) is 10.2 Å². The van der Waals surface area contributed by atoms with Crippen LogP contribution < -0.4 is 5.32 Å². The van der Waals surface area contributed by atoms with E-state index in [1.54, 1.807) is 24.3 Å². The quantitative estimate of drug-likeness (QED) is 0.424. The van der Waals surface area contributed by atoms with Crippen LogP contribution in [-0.2, 0) is 11.2 Å². The summed E-state index contributed by atoms with van der Waals surface area (Å²) in [5.41, 5.74) is 3.10. The molecule has 3 amide bonds. The van der Waals surface area contributed by atoms with Gasteiger partial charge in [-0.25, -0.2) is 4.98 Å². The summed E-state index contributed by atoms with van der Waals surface area (Å²) in [7, 11) is 0. The van der Waals surface area contributed by atoms with Gasteiger partial charge in [0, 0.05) is 13.0 Å². The normalized spacial score (nSPS) is 13.2. The summed E-state index contributed by atoms with van der Waals surface area (Å²) >= 11 is 1.49. The minimum absolute atomic E-state index is 0.0644. The Morgan fingerprint density at radius 2 is 1.77 bits per heavy atom. The molecular weight excluding hydrogens is 398 g/mol. The van der Waals surface area contributed by atoms with Crippen molar-refractivity contribution in [3.8, 4) is 0 Å². The second-order valence-electron chi connectivity index (χ2n) is 7.34. The van der Waals surface area contributed by atoms with E-state index in [-0.39, 0.29) is 17.7 Å². The Morgan fingerprint density at radius 3 is 2.47 bits per heavy atom. The summed E-state index contributed by atoms with van der Waals surface area (Å²) in [6.07, 6.45) is 3.49. The van der Waals surface area contributed by atoms with E-state index in [1.807, 2.05) is 6.07 Å². The second-order valence-corrected chi connectivity index (χ2v) is 8.37. The lowest BCUT2D eigenvalue weighted by Gasteiger charge is -2.13. The first-order chi connectivity index (χ1) is 14.6. The zero-order valence-corrected chi connectivity index (χ0v) is 17.6. The van der Waals surface area contributed by atoms with Crippen molar-refractivity contribution in [1.82, 2.24) is 9.88 Å². The number of anilines is 1. The van der Waals surface area contributed by atoms with Crippen molar-refractivity contribution in [2.45, 2.75) is 39.0 Å². The van der Waals surface area contributed by atoms with Crippen LogP contribution in [0.4, 0.5) is 5.13 Å². The number of rotatable bonds is 8. The van der Waals surface area contributed by atoms with Gasteiger partial charge in [-0.3, -0.25) is 19.3 Å². The number of nitrogens with one attached hydrogen (secondary N) is 1. The number of nitrogens with zero attached hydrogens (tertiary/aromatic N) is 2. The first-order valence-electron chi connectivity index (χ1n) is 10.2. The number of benzene rings is 2. The molecular formula is C23H23N3O3S. The lowest BCUT2D eigenvalue weighted by molar-refractivity contribution is -0.116. The fraction of sp³-hybridized carbons (Fsp3) is 0.304. The molecule has 2 heterocycles. The highest BCUT2D eigenvalue weighted by Gasteiger charge is 2.34. The Bertz CT molecular complexity index is 1090. The monoisotopic (exact) mass is 421 g/mol. The summed E-state index contributed by atoms with van der Waals surface area (Å²) in [4.78, 5) is 42.7. The number of fused-ring (bicyclic) bond motifs is 2. The Morgan fingerprint density at radius 1 is 1.03 bits per heavy atom. The molecule has 0 bridgehead atoms. The molecule has 3 aromatic rings.